The van der Waals surface area contributed by atoms with Gasteiger partial charge < -0.3 is 4.57 Å². The van der Waals surface area contributed by atoms with Crippen molar-refractivity contribution in [3.8, 4) is 0 Å². The second-order valence-corrected chi connectivity index (χ2v) is 4.50. The SMILES string of the molecule is C=C(CC)Cn1ccc2sccc2c1=O. The van der Waals surface area contributed by atoms with Crippen molar-refractivity contribution in [1.82, 2.24) is 4.57 Å². The molecule has 3 heteroatoms. The highest BCUT2D eigenvalue weighted by Gasteiger charge is 2.03. The fourth-order valence-electron chi connectivity index (χ4n) is 1.48. The Labute approximate surface area is 92.5 Å². The van der Waals surface area contributed by atoms with Crippen LogP contribution in [-0.2, 0) is 6.54 Å². The zero-order valence-electron chi connectivity index (χ0n) is 8.69. The van der Waals surface area contributed by atoms with E-state index in [4.69, 9.17) is 0 Å². The lowest BCUT2D eigenvalue weighted by Crippen LogP contribution is -2.19. The molecule has 0 aromatic carbocycles. The molecule has 2 aromatic heterocycles. The van der Waals surface area contributed by atoms with Crippen LogP contribution in [0.15, 0.2) is 40.7 Å². The van der Waals surface area contributed by atoms with Gasteiger partial charge in [0.25, 0.3) is 5.56 Å². The zero-order chi connectivity index (χ0) is 10.8. The first kappa shape index (κ1) is 10.2. The van der Waals surface area contributed by atoms with Gasteiger partial charge in [-0.25, -0.2) is 0 Å². The van der Waals surface area contributed by atoms with Crippen LogP contribution in [0.4, 0.5) is 0 Å². The third-order valence-electron chi connectivity index (χ3n) is 2.49. The van der Waals surface area contributed by atoms with Gasteiger partial charge in [0, 0.05) is 17.4 Å². The highest BCUT2D eigenvalue weighted by Crippen LogP contribution is 2.16. The summed E-state index contributed by atoms with van der Waals surface area (Å²) in [6.07, 6.45) is 2.76. The molecule has 0 saturated heterocycles. The molecule has 2 aromatic rings. The topological polar surface area (TPSA) is 22.0 Å². The second kappa shape index (κ2) is 4.03. The number of hydrogen-bond acceptors (Lipinski definition) is 2. The molecular formula is C12H13NOS. The van der Waals surface area contributed by atoms with E-state index in [-0.39, 0.29) is 5.56 Å². The molecule has 0 aliphatic carbocycles. The number of aromatic nitrogens is 1. The Morgan fingerprint density at radius 2 is 2.33 bits per heavy atom. The van der Waals surface area contributed by atoms with Crippen molar-refractivity contribution in [3.05, 3.63) is 46.2 Å². The third kappa shape index (κ3) is 1.88. The molecule has 0 fully saturated rings. The Morgan fingerprint density at radius 1 is 1.53 bits per heavy atom. The molecule has 0 bridgehead atoms. The Bertz CT molecular complexity index is 550. The average molecular weight is 219 g/mol. The van der Waals surface area contributed by atoms with Crippen molar-refractivity contribution in [2.75, 3.05) is 0 Å². The highest BCUT2D eigenvalue weighted by molar-refractivity contribution is 7.17. The lowest BCUT2D eigenvalue weighted by atomic mass is 10.2. The quantitative estimate of drug-likeness (QED) is 0.727. The van der Waals surface area contributed by atoms with Gasteiger partial charge in [0.1, 0.15) is 0 Å². The van der Waals surface area contributed by atoms with E-state index in [1.807, 2.05) is 23.7 Å². The standard InChI is InChI=1S/C12H13NOS/c1-3-9(2)8-13-6-4-11-10(12(13)14)5-7-15-11/h4-7H,2-3,8H2,1H3. The molecule has 15 heavy (non-hydrogen) atoms. The van der Waals surface area contributed by atoms with Crippen molar-refractivity contribution < 1.29 is 0 Å². The fraction of sp³-hybridized carbons (Fsp3) is 0.250. The summed E-state index contributed by atoms with van der Waals surface area (Å²) in [7, 11) is 0. The van der Waals surface area contributed by atoms with Crippen LogP contribution in [0.1, 0.15) is 13.3 Å². The van der Waals surface area contributed by atoms with E-state index < -0.39 is 0 Å². The van der Waals surface area contributed by atoms with Crippen LogP contribution < -0.4 is 5.56 Å². The Hall–Kier alpha value is -1.35. The van der Waals surface area contributed by atoms with Gasteiger partial charge in [-0.15, -0.1) is 11.3 Å². The summed E-state index contributed by atoms with van der Waals surface area (Å²) in [5.41, 5.74) is 1.16. The number of allylic oxidation sites excluding steroid dienone is 1. The van der Waals surface area contributed by atoms with Crippen LogP contribution in [0.5, 0.6) is 0 Å². The minimum atomic E-state index is 0.0864. The Balaban J connectivity index is 2.48. The van der Waals surface area contributed by atoms with Gasteiger partial charge in [0.05, 0.1) is 5.39 Å². The van der Waals surface area contributed by atoms with Crippen LogP contribution in [0.25, 0.3) is 10.1 Å². The number of hydrogen-bond donors (Lipinski definition) is 0. The van der Waals surface area contributed by atoms with Crippen molar-refractivity contribution in [1.29, 1.82) is 0 Å². The first-order valence-corrected chi connectivity index (χ1v) is 5.83. The van der Waals surface area contributed by atoms with Gasteiger partial charge in [-0.1, -0.05) is 19.1 Å². The van der Waals surface area contributed by atoms with Crippen molar-refractivity contribution in [3.63, 3.8) is 0 Å². The predicted octanol–water partition coefficient (Wildman–Crippen LogP) is 3.03. The zero-order valence-corrected chi connectivity index (χ0v) is 9.51. The molecule has 0 unspecified atom stereocenters. The van der Waals surface area contributed by atoms with Crippen LogP contribution in [0.3, 0.4) is 0 Å². The summed E-state index contributed by atoms with van der Waals surface area (Å²) in [6.45, 7) is 6.60. The van der Waals surface area contributed by atoms with E-state index in [1.54, 1.807) is 15.9 Å². The summed E-state index contributed by atoms with van der Waals surface area (Å²) < 4.78 is 2.78. The maximum atomic E-state index is 12.0. The van der Waals surface area contributed by atoms with E-state index in [0.717, 1.165) is 22.1 Å². The number of fused-ring (bicyclic) bond motifs is 1. The lowest BCUT2D eigenvalue weighted by Gasteiger charge is -2.06. The lowest BCUT2D eigenvalue weighted by molar-refractivity contribution is 0.735. The molecule has 0 atom stereocenters. The number of rotatable bonds is 3. The minimum absolute atomic E-state index is 0.0864. The molecule has 78 valence electrons. The van der Waals surface area contributed by atoms with Crippen molar-refractivity contribution >= 4 is 21.4 Å². The largest absolute Gasteiger partial charge is 0.311 e. The number of pyridine rings is 1. The van der Waals surface area contributed by atoms with E-state index >= 15 is 0 Å². The normalized spacial score (nSPS) is 10.7. The molecule has 0 aliphatic heterocycles. The van der Waals surface area contributed by atoms with E-state index in [9.17, 15) is 4.79 Å². The number of thiophene rings is 1. The van der Waals surface area contributed by atoms with Gasteiger partial charge >= 0.3 is 0 Å². The second-order valence-electron chi connectivity index (χ2n) is 3.55. The third-order valence-corrected chi connectivity index (χ3v) is 3.37. The minimum Gasteiger partial charge on any atom is -0.311 e. The first-order chi connectivity index (χ1) is 7.22. The summed E-state index contributed by atoms with van der Waals surface area (Å²) in [4.78, 5) is 12.0. The molecule has 0 aliphatic rings. The molecule has 0 spiro atoms. The summed E-state index contributed by atoms with van der Waals surface area (Å²) in [6, 6.07) is 3.87. The maximum absolute atomic E-state index is 12.0. The van der Waals surface area contributed by atoms with Crippen LogP contribution >= 0.6 is 11.3 Å². The van der Waals surface area contributed by atoms with Gasteiger partial charge in [-0.05, 0) is 23.9 Å². The highest BCUT2D eigenvalue weighted by atomic mass is 32.1. The molecule has 0 N–H and O–H groups in total. The van der Waals surface area contributed by atoms with Crippen molar-refractivity contribution in [2.24, 2.45) is 0 Å². The maximum Gasteiger partial charge on any atom is 0.259 e. The molecule has 2 rings (SSSR count). The van der Waals surface area contributed by atoms with Gasteiger partial charge in [-0.2, -0.15) is 0 Å². The monoisotopic (exact) mass is 219 g/mol. The molecule has 0 radical (unpaired) electrons. The predicted molar refractivity (Wildman–Crippen MR) is 65.5 cm³/mol. The Kier molecular flexibility index (Phi) is 2.73. The van der Waals surface area contributed by atoms with Crippen LogP contribution in [0.2, 0.25) is 0 Å². The number of nitrogens with zero attached hydrogens (tertiary/aromatic N) is 1. The molecule has 2 heterocycles. The Morgan fingerprint density at radius 3 is 3.07 bits per heavy atom. The fourth-order valence-corrected chi connectivity index (χ4v) is 2.26. The smallest absolute Gasteiger partial charge is 0.259 e. The summed E-state index contributed by atoms with van der Waals surface area (Å²) in [5, 5.41) is 2.76. The van der Waals surface area contributed by atoms with Crippen LogP contribution in [-0.4, -0.2) is 4.57 Å². The summed E-state index contributed by atoms with van der Waals surface area (Å²) in [5.74, 6) is 0. The van der Waals surface area contributed by atoms with E-state index in [1.165, 1.54) is 0 Å². The first-order valence-electron chi connectivity index (χ1n) is 4.95. The summed E-state index contributed by atoms with van der Waals surface area (Å²) >= 11 is 1.60. The molecular weight excluding hydrogens is 206 g/mol. The molecule has 0 saturated carbocycles. The van der Waals surface area contributed by atoms with Crippen LogP contribution in [0, 0.1) is 0 Å². The van der Waals surface area contributed by atoms with E-state index in [2.05, 4.69) is 13.5 Å². The average Bonchev–Trinajstić information content (AvgIpc) is 2.70. The van der Waals surface area contributed by atoms with Gasteiger partial charge in [0.2, 0.25) is 0 Å². The van der Waals surface area contributed by atoms with Gasteiger partial charge in [0.15, 0.2) is 0 Å². The van der Waals surface area contributed by atoms with E-state index in [0.29, 0.717) is 6.54 Å². The molecule has 0 amide bonds. The van der Waals surface area contributed by atoms with Gasteiger partial charge in [-0.3, -0.25) is 4.79 Å². The molecule has 2 nitrogen and oxygen atoms in total. The van der Waals surface area contributed by atoms with Crippen molar-refractivity contribution in [2.45, 2.75) is 19.9 Å².